The fourth-order valence-electron chi connectivity index (χ4n) is 3.10. The first kappa shape index (κ1) is 27.7. The number of anilines is 2. The maximum absolute atomic E-state index is 12.2. The third-order valence-corrected chi connectivity index (χ3v) is 5.05. The molecule has 0 aliphatic carbocycles. The van der Waals surface area contributed by atoms with Crippen LogP contribution in [0.5, 0.6) is 17.2 Å². The molecule has 0 atom stereocenters. The second-order valence-corrected chi connectivity index (χ2v) is 8.02. The highest BCUT2D eigenvalue weighted by atomic mass is 16.5. The number of hydrogen-bond acceptors (Lipinski definition) is 7. The van der Waals surface area contributed by atoms with Gasteiger partial charge >= 0.3 is 11.8 Å². The standard InChI is InChI=1S/C28H30N4O6/c1-3-4-15-37-23-13-11-21(12-14-23)31-27(34)28(35)32-29-18-20-7-5-10-25(16-20)38-19-26(33)30-22-8-6-9-24(17-22)36-2/h5-14,16-18H,3-4,15,19H2,1-2H3,(H,30,33)(H,31,34)(H,32,35)/b29-18-. The van der Waals surface area contributed by atoms with Crippen LogP contribution in [0.4, 0.5) is 11.4 Å². The number of benzene rings is 3. The Labute approximate surface area is 221 Å². The molecule has 3 rings (SSSR count). The van der Waals surface area contributed by atoms with Crippen molar-refractivity contribution in [1.82, 2.24) is 5.43 Å². The van der Waals surface area contributed by atoms with Gasteiger partial charge < -0.3 is 24.8 Å². The number of unbranched alkanes of at least 4 members (excludes halogenated alkanes) is 1. The van der Waals surface area contributed by atoms with Crippen LogP contribution in [0, 0.1) is 0 Å². The minimum Gasteiger partial charge on any atom is -0.497 e. The van der Waals surface area contributed by atoms with Crippen LogP contribution < -0.4 is 30.3 Å². The number of nitrogens with zero attached hydrogens (tertiary/aromatic N) is 1. The molecule has 3 aromatic rings. The van der Waals surface area contributed by atoms with Crippen molar-refractivity contribution in [2.45, 2.75) is 19.8 Å². The lowest BCUT2D eigenvalue weighted by Gasteiger charge is -2.09. The molecule has 0 aliphatic rings. The van der Waals surface area contributed by atoms with Gasteiger partial charge in [0.2, 0.25) is 0 Å². The molecule has 10 nitrogen and oxygen atoms in total. The Morgan fingerprint density at radius 2 is 1.58 bits per heavy atom. The van der Waals surface area contributed by atoms with Gasteiger partial charge in [0.1, 0.15) is 17.2 Å². The van der Waals surface area contributed by atoms with Crippen molar-refractivity contribution in [1.29, 1.82) is 0 Å². The van der Waals surface area contributed by atoms with E-state index in [1.807, 2.05) is 0 Å². The van der Waals surface area contributed by atoms with Crippen LogP contribution in [-0.4, -0.2) is 44.3 Å². The highest BCUT2D eigenvalue weighted by molar-refractivity contribution is 6.39. The van der Waals surface area contributed by atoms with Crippen LogP contribution in [0.2, 0.25) is 0 Å². The number of nitrogens with one attached hydrogen (secondary N) is 3. The molecule has 3 amide bonds. The molecule has 0 unspecified atom stereocenters. The zero-order valence-electron chi connectivity index (χ0n) is 21.2. The molecule has 0 saturated heterocycles. The van der Waals surface area contributed by atoms with Gasteiger partial charge in [-0.3, -0.25) is 14.4 Å². The summed E-state index contributed by atoms with van der Waals surface area (Å²) in [5, 5.41) is 9.04. The summed E-state index contributed by atoms with van der Waals surface area (Å²) in [5.41, 5.74) is 3.82. The molecule has 0 aromatic heterocycles. The van der Waals surface area contributed by atoms with E-state index in [1.165, 1.54) is 6.21 Å². The van der Waals surface area contributed by atoms with Crippen LogP contribution in [0.25, 0.3) is 0 Å². The fourth-order valence-corrected chi connectivity index (χ4v) is 3.10. The fraction of sp³-hybridized carbons (Fsp3) is 0.214. The molecule has 0 heterocycles. The lowest BCUT2D eigenvalue weighted by Crippen LogP contribution is -2.32. The summed E-state index contributed by atoms with van der Waals surface area (Å²) in [4.78, 5) is 36.4. The Hall–Kier alpha value is -4.86. The summed E-state index contributed by atoms with van der Waals surface area (Å²) in [6, 6.07) is 20.5. The van der Waals surface area contributed by atoms with E-state index in [2.05, 4.69) is 28.1 Å². The van der Waals surface area contributed by atoms with Gasteiger partial charge in [0.25, 0.3) is 5.91 Å². The highest BCUT2D eigenvalue weighted by Crippen LogP contribution is 2.18. The van der Waals surface area contributed by atoms with Gasteiger partial charge in [-0.25, -0.2) is 5.43 Å². The van der Waals surface area contributed by atoms with Crippen LogP contribution in [0.3, 0.4) is 0 Å². The van der Waals surface area contributed by atoms with Gasteiger partial charge in [0.05, 0.1) is 19.9 Å². The molecule has 198 valence electrons. The number of rotatable bonds is 12. The molecule has 10 heteroatoms. The average molecular weight is 519 g/mol. The van der Waals surface area contributed by atoms with Crippen LogP contribution in [0.15, 0.2) is 77.9 Å². The zero-order valence-corrected chi connectivity index (χ0v) is 21.2. The number of ether oxygens (including phenoxy) is 3. The van der Waals surface area contributed by atoms with Crippen molar-refractivity contribution in [3.63, 3.8) is 0 Å². The van der Waals surface area contributed by atoms with E-state index in [1.54, 1.807) is 79.9 Å². The second kappa shape index (κ2) is 14.6. The molecule has 0 saturated carbocycles. The summed E-state index contributed by atoms with van der Waals surface area (Å²) >= 11 is 0. The van der Waals surface area contributed by atoms with E-state index in [-0.39, 0.29) is 12.5 Å². The first-order valence-corrected chi connectivity index (χ1v) is 12.0. The van der Waals surface area contributed by atoms with E-state index in [4.69, 9.17) is 14.2 Å². The Morgan fingerprint density at radius 3 is 2.34 bits per heavy atom. The van der Waals surface area contributed by atoms with Gasteiger partial charge in [0.15, 0.2) is 6.61 Å². The van der Waals surface area contributed by atoms with Crippen LogP contribution >= 0.6 is 0 Å². The third-order valence-electron chi connectivity index (χ3n) is 5.05. The Kier molecular flexibility index (Phi) is 10.7. The van der Waals surface area contributed by atoms with E-state index in [0.717, 1.165) is 12.8 Å². The summed E-state index contributed by atoms with van der Waals surface area (Å²) in [6.45, 7) is 2.50. The van der Waals surface area contributed by atoms with Gasteiger partial charge in [-0.2, -0.15) is 5.10 Å². The predicted molar refractivity (Wildman–Crippen MR) is 145 cm³/mol. The number of hydrogen-bond donors (Lipinski definition) is 3. The van der Waals surface area contributed by atoms with Crippen molar-refractivity contribution in [3.05, 3.63) is 78.4 Å². The smallest absolute Gasteiger partial charge is 0.329 e. The van der Waals surface area contributed by atoms with Crippen molar-refractivity contribution in [2.24, 2.45) is 5.10 Å². The van der Waals surface area contributed by atoms with E-state index in [0.29, 0.717) is 40.8 Å². The molecular weight excluding hydrogens is 488 g/mol. The van der Waals surface area contributed by atoms with Gasteiger partial charge in [-0.15, -0.1) is 0 Å². The normalized spacial score (nSPS) is 10.5. The molecule has 3 aromatic carbocycles. The van der Waals surface area contributed by atoms with Crippen LogP contribution in [-0.2, 0) is 14.4 Å². The summed E-state index contributed by atoms with van der Waals surface area (Å²) in [7, 11) is 1.55. The number of methoxy groups -OCH3 is 1. The average Bonchev–Trinajstić information content (AvgIpc) is 2.93. The van der Waals surface area contributed by atoms with Crippen molar-refractivity contribution in [2.75, 3.05) is 31.0 Å². The van der Waals surface area contributed by atoms with Gasteiger partial charge in [-0.05, 0) is 60.5 Å². The maximum Gasteiger partial charge on any atom is 0.329 e. The van der Waals surface area contributed by atoms with Crippen LogP contribution in [0.1, 0.15) is 25.3 Å². The molecule has 0 aliphatic heterocycles. The number of carbonyl (C=O) groups is 3. The molecule has 38 heavy (non-hydrogen) atoms. The monoisotopic (exact) mass is 518 g/mol. The topological polar surface area (TPSA) is 127 Å². The summed E-state index contributed by atoms with van der Waals surface area (Å²) < 4.78 is 16.2. The zero-order chi connectivity index (χ0) is 27.2. The first-order chi connectivity index (χ1) is 18.5. The minimum atomic E-state index is -0.925. The molecule has 0 radical (unpaired) electrons. The summed E-state index contributed by atoms with van der Waals surface area (Å²) in [6.07, 6.45) is 3.35. The third kappa shape index (κ3) is 9.30. The number of carbonyl (C=O) groups excluding carboxylic acids is 3. The maximum atomic E-state index is 12.2. The van der Waals surface area contributed by atoms with Crippen molar-refractivity contribution >= 4 is 35.3 Å². The molecule has 0 spiro atoms. The summed E-state index contributed by atoms with van der Waals surface area (Å²) in [5.74, 6) is -0.376. The Morgan fingerprint density at radius 1 is 0.816 bits per heavy atom. The lowest BCUT2D eigenvalue weighted by atomic mass is 10.2. The first-order valence-electron chi connectivity index (χ1n) is 12.0. The van der Waals surface area contributed by atoms with E-state index >= 15 is 0 Å². The molecule has 0 fully saturated rings. The highest BCUT2D eigenvalue weighted by Gasteiger charge is 2.13. The Bertz CT molecular complexity index is 1260. The minimum absolute atomic E-state index is 0.208. The van der Waals surface area contributed by atoms with Crippen molar-refractivity contribution in [3.8, 4) is 17.2 Å². The largest absolute Gasteiger partial charge is 0.497 e. The Balaban J connectivity index is 1.44. The van der Waals surface area contributed by atoms with E-state index in [9.17, 15) is 14.4 Å². The second-order valence-electron chi connectivity index (χ2n) is 8.02. The number of hydrazone groups is 1. The lowest BCUT2D eigenvalue weighted by molar-refractivity contribution is -0.136. The van der Waals surface area contributed by atoms with E-state index < -0.39 is 11.8 Å². The predicted octanol–water partition coefficient (Wildman–Crippen LogP) is 3.98. The SMILES string of the molecule is CCCCOc1ccc(NC(=O)C(=O)N/N=C\c2cccc(OCC(=O)Nc3cccc(OC)c3)c2)cc1. The van der Waals surface area contributed by atoms with Gasteiger partial charge in [-0.1, -0.05) is 31.5 Å². The van der Waals surface area contributed by atoms with Gasteiger partial charge in [0, 0.05) is 17.4 Å². The quantitative estimate of drug-likeness (QED) is 0.144. The van der Waals surface area contributed by atoms with Crippen molar-refractivity contribution < 1.29 is 28.6 Å². The molecular formula is C28H30N4O6. The number of amides is 3. The molecule has 0 bridgehead atoms. The molecule has 3 N–H and O–H groups in total.